The minimum absolute atomic E-state index is 0.512. The largest absolute Gasteiger partial charge is 0.360 e. The first-order valence-corrected chi connectivity index (χ1v) is 3.81. The van der Waals surface area contributed by atoms with Gasteiger partial charge in [-0.15, -0.1) is 4.91 Å². The van der Waals surface area contributed by atoms with Gasteiger partial charge >= 0.3 is 11.8 Å². The molecule has 0 unspecified atom stereocenters. The number of hydrogen-bond donors (Lipinski definition) is 0. The summed E-state index contributed by atoms with van der Waals surface area (Å²) in [5, 5.41) is 1.73. The van der Waals surface area contributed by atoms with Crippen LogP contribution in [0.1, 0.15) is 11.1 Å². The molecule has 0 saturated carbocycles. The molecule has 0 heterocycles. The summed E-state index contributed by atoms with van der Waals surface area (Å²) in [6, 6.07) is 5.22. The molecule has 0 atom stereocenters. The quantitative estimate of drug-likeness (QED) is 0.686. The van der Waals surface area contributed by atoms with E-state index < -0.39 is 17.4 Å². The zero-order valence-electron chi connectivity index (χ0n) is 7.33. The number of nitroso groups, excluding NO2 is 1. The van der Waals surface area contributed by atoms with E-state index in [0.717, 1.165) is 12.1 Å². The van der Waals surface area contributed by atoms with Crippen molar-refractivity contribution < 1.29 is 13.6 Å². The van der Waals surface area contributed by atoms with Gasteiger partial charge in [0, 0.05) is 10.7 Å². The fraction of sp³-hybridized carbons (Fsp3) is 0.222. The second-order valence-electron chi connectivity index (χ2n) is 2.84. The molecular formula is C9H7F2NO2. The summed E-state index contributed by atoms with van der Waals surface area (Å²) in [7, 11) is 0. The molecule has 0 radical (unpaired) electrons. The monoisotopic (exact) mass is 199 g/mol. The molecule has 5 heteroatoms. The Labute approximate surface area is 78.7 Å². The van der Waals surface area contributed by atoms with E-state index in [4.69, 9.17) is 0 Å². The lowest BCUT2D eigenvalue weighted by molar-refractivity contribution is -0.143. The maximum atomic E-state index is 13.1. The van der Waals surface area contributed by atoms with Crippen LogP contribution >= 0.6 is 0 Å². The van der Waals surface area contributed by atoms with Crippen LogP contribution in [0, 0.1) is 11.8 Å². The predicted molar refractivity (Wildman–Crippen MR) is 45.9 cm³/mol. The van der Waals surface area contributed by atoms with Crippen molar-refractivity contribution in [3.8, 4) is 0 Å². The van der Waals surface area contributed by atoms with Crippen molar-refractivity contribution >= 4 is 5.91 Å². The summed E-state index contributed by atoms with van der Waals surface area (Å²) in [5.74, 6) is -5.79. The van der Waals surface area contributed by atoms with E-state index in [1.54, 1.807) is 18.2 Å². The summed E-state index contributed by atoms with van der Waals surface area (Å²) in [6.07, 6.45) is 0. The molecule has 0 aliphatic rings. The van der Waals surface area contributed by atoms with Crippen LogP contribution in [0.3, 0.4) is 0 Å². The van der Waals surface area contributed by atoms with Gasteiger partial charge in [0.05, 0.1) is 0 Å². The van der Waals surface area contributed by atoms with Crippen LogP contribution < -0.4 is 0 Å². The Hall–Kier alpha value is -1.65. The van der Waals surface area contributed by atoms with Crippen LogP contribution in [-0.2, 0) is 10.7 Å². The van der Waals surface area contributed by atoms with Gasteiger partial charge < -0.3 is 0 Å². The second-order valence-corrected chi connectivity index (χ2v) is 2.84. The molecule has 0 bridgehead atoms. The summed E-state index contributed by atoms with van der Waals surface area (Å²) < 4.78 is 26.2. The third-order valence-corrected chi connectivity index (χ3v) is 1.73. The summed E-state index contributed by atoms with van der Waals surface area (Å²) in [4.78, 5) is 20.2. The van der Waals surface area contributed by atoms with Gasteiger partial charge in [0.2, 0.25) is 0 Å². The van der Waals surface area contributed by atoms with Gasteiger partial charge in [-0.05, 0) is 13.0 Å². The fourth-order valence-corrected chi connectivity index (χ4v) is 1.02. The number of amides is 1. The zero-order chi connectivity index (χ0) is 10.8. The van der Waals surface area contributed by atoms with Gasteiger partial charge in [-0.1, -0.05) is 23.8 Å². The van der Waals surface area contributed by atoms with Gasteiger partial charge in [0.15, 0.2) is 0 Å². The Balaban J connectivity index is 3.15. The van der Waals surface area contributed by atoms with Crippen molar-refractivity contribution in [2.24, 2.45) is 5.18 Å². The molecular weight excluding hydrogens is 192 g/mol. The molecule has 1 aromatic carbocycles. The molecule has 1 amide bonds. The SMILES string of the molecule is Cc1cccc(C(F)(F)C(=O)N=O)c1. The minimum Gasteiger partial charge on any atom is -0.261 e. The first kappa shape index (κ1) is 10.4. The van der Waals surface area contributed by atoms with E-state index in [9.17, 15) is 18.5 Å². The number of halogens is 2. The summed E-state index contributed by atoms with van der Waals surface area (Å²) >= 11 is 0. The molecule has 1 aromatic rings. The molecule has 0 fully saturated rings. The van der Waals surface area contributed by atoms with E-state index in [1.807, 2.05) is 0 Å². The minimum atomic E-state index is -3.83. The number of alkyl halides is 2. The lowest BCUT2D eigenvalue weighted by Crippen LogP contribution is -2.23. The number of aryl methyl sites for hydroxylation is 1. The standard InChI is InChI=1S/C9H7F2NO2/c1-6-3-2-4-7(5-6)9(10,11)8(13)12-14/h2-5H,1H3. The van der Waals surface area contributed by atoms with Gasteiger partial charge in [-0.3, -0.25) is 4.79 Å². The average molecular weight is 199 g/mol. The first-order chi connectivity index (χ1) is 6.48. The van der Waals surface area contributed by atoms with Gasteiger partial charge in [-0.25, -0.2) is 0 Å². The highest BCUT2D eigenvalue weighted by atomic mass is 19.3. The van der Waals surface area contributed by atoms with E-state index in [-0.39, 0.29) is 0 Å². The van der Waals surface area contributed by atoms with Gasteiger partial charge in [-0.2, -0.15) is 8.78 Å². The third-order valence-electron chi connectivity index (χ3n) is 1.73. The molecule has 1 rings (SSSR count). The second kappa shape index (κ2) is 3.61. The van der Waals surface area contributed by atoms with Crippen LogP contribution in [0.5, 0.6) is 0 Å². The Bertz CT molecular complexity index is 377. The zero-order valence-corrected chi connectivity index (χ0v) is 7.33. The molecule has 0 aliphatic carbocycles. The number of hydrogen-bond acceptors (Lipinski definition) is 2. The fourth-order valence-electron chi connectivity index (χ4n) is 1.02. The third kappa shape index (κ3) is 1.81. The van der Waals surface area contributed by atoms with Crippen molar-refractivity contribution in [2.45, 2.75) is 12.8 Å². The van der Waals surface area contributed by atoms with Crippen molar-refractivity contribution in [1.29, 1.82) is 0 Å². The molecule has 14 heavy (non-hydrogen) atoms. The van der Waals surface area contributed by atoms with E-state index >= 15 is 0 Å². The van der Waals surface area contributed by atoms with Crippen LogP contribution in [0.4, 0.5) is 8.78 Å². The highest BCUT2D eigenvalue weighted by Gasteiger charge is 2.42. The van der Waals surface area contributed by atoms with E-state index in [1.165, 1.54) is 6.07 Å². The van der Waals surface area contributed by atoms with Crippen molar-refractivity contribution in [1.82, 2.24) is 0 Å². The van der Waals surface area contributed by atoms with Crippen molar-refractivity contribution in [2.75, 3.05) is 0 Å². The molecule has 3 nitrogen and oxygen atoms in total. The van der Waals surface area contributed by atoms with Crippen LogP contribution in [0.2, 0.25) is 0 Å². The van der Waals surface area contributed by atoms with Crippen molar-refractivity contribution in [3.05, 3.63) is 40.3 Å². The average Bonchev–Trinajstić information content (AvgIpc) is 2.16. The summed E-state index contributed by atoms with van der Waals surface area (Å²) in [6.45, 7) is 1.61. The first-order valence-electron chi connectivity index (χ1n) is 3.81. The lowest BCUT2D eigenvalue weighted by Gasteiger charge is -2.11. The molecule has 0 spiro atoms. The number of nitrogens with zero attached hydrogens (tertiary/aromatic N) is 1. The Morgan fingerprint density at radius 3 is 2.57 bits per heavy atom. The Morgan fingerprint density at radius 2 is 2.07 bits per heavy atom. The number of carbonyl (C=O) groups excluding carboxylic acids is 1. The van der Waals surface area contributed by atoms with Crippen LogP contribution in [0.25, 0.3) is 0 Å². The van der Waals surface area contributed by atoms with Crippen molar-refractivity contribution in [3.63, 3.8) is 0 Å². The highest BCUT2D eigenvalue weighted by Crippen LogP contribution is 2.29. The van der Waals surface area contributed by atoms with Gasteiger partial charge in [0.1, 0.15) is 0 Å². The maximum Gasteiger partial charge on any atom is 0.360 e. The van der Waals surface area contributed by atoms with Crippen LogP contribution in [-0.4, -0.2) is 5.91 Å². The van der Waals surface area contributed by atoms with Crippen LogP contribution in [0.15, 0.2) is 29.4 Å². The Kier molecular flexibility index (Phi) is 2.69. The summed E-state index contributed by atoms with van der Waals surface area (Å²) in [5.41, 5.74) is 0.0722. The molecule has 0 aliphatic heterocycles. The number of carbonyl (C=O) groups is 1. The van der Waals surface area contributed by atoms with E-state index in [2.05, 4.69) is 0 Å². The highest BCUT2D eigenvalue weighted by molar-refractivity contribution is 5.85. The van der Waals surface area contributed by atoms with Gasteiger partial charge in [0.25, 0.3) is 0 Å². The maximum absolute atomic E-state index is 13.1. The smallest absolute Gasteiger partial charge is 0.261 e. The van der Waals surface area contributed by atoms with E-state index in [0.29, 0.717) is 5.56 Å². The predicted octanol–water partition coefficient (Wildman–Crippen LogP) is 2.38. The lowest BCUT2D eigenvalue weighted by atomic mass is 10.1. The Morgan fingerprint density at radius 1 is 1.43 bits per heavy atom. The molecule has 0 aromatic heterocycles. The number of rotatable bonds is 2. The molecule has 74 valence electrons. The number of benzene rings is 1. The molecule has 0 saturated heterocycles. The topological polar surface area (TPSA) is 46.5 Å². The normalized spacial score (nSPS) is 11.1. The molecule has 0 N–H and O–H groups in total.